The minimum Gasteiger partial charge on any atom is -0.444 e. The Balaban J connectivity index is 2.18. The summed E-state index contributed by atoms with van der Waals surface area (Å²) in [4.78, 5) is 24.2. The number of aryl methyl sites for hydroxylation is 1. The molecular formula is C20H21F3N2O3. The van der Waals surface area contributed by atoms with Gasteiger partial charge in [0.1, 0.15) is 5.60 Å². The van der Waals surface area contributed by atoms with Crippen molar-refractivity contribution >= 4 is 23.4 Å². The average molecular weight is 394 g/mol. The zero-order valence-electron chi connectivity index (χ0n) is 15.9. The number of halogens is 3. The number of hydrogen-bond donors (Lipinski definition) is 2. The van der Waals surface area contributed by atoms with Gasteiger partial charge < -0.3 is 10.1 Å². The zero-order chi connectivity index (χ0) is 21.1. The summed E-state index contributed by atoms with van der Waals surface area (Å²) in [5.74, 6) is -0.691. The van der Waals surface area contributed by atoms with Gasteiger partial charge in [-0.2, -0.15) is 13.2 Å². The second kappa shape index (κ2) is 7.92. The van der Waals surface area contributed by atoms with Gasteiger partial charge in [0, 0.05) is 16.9 Å². The van der Waals surface area contributed by atoms with Crippen LogP contribution in [0.25, 0.3) is 0 Å². The van der Waals surface area contributed by atoms with Crippen LogP contribution in [0.15, 0.2) is 42.5 Å². The highest BCUT2D eigenvalue weighted by molar-refractivity contribution is 6.05. The Morgan fingerprint density at radius 3 is 2.25 bits per heavy atom. The van der Waals surface area contributed by atoms with Crippen LogP contribution in [0.3, 0.4) is 0 Å². The Kier molecular flexibility index (Phi) is 6.01. The third-order valence-corrected chi connectivity index (χ3v) is 3.58. The van der Waals surface area contributed by atoms with E-state index in [1.54, 1.807) is 39.8 Å². The molecule has 0 aromatic heterocycles. The first kappa shape index (κ1) is 21.3. The van der Waals surface area contributed by atoms with Crippen LogP contribution in [-0.4, -0.2) is 17.6 Å². The Morgan fingerprint density at radius 2 is 1.64 bits per heavy atom. The first-order valence-corrected chi connectivity index (χ1v) is 8.44. The molecule has 0 aliphatic carbocycles. The molecule has 0 radical (unpaired) electrons. The monoisotopic (exact) mass is 394 g/mol. The maximum absolute atomic E-state index is 12.8. The maximum Gasteiger partial charge on any atom is 0.416 e. The molecule has 0 aliphatic heterocycles. The lowest BCUT2D eigenvalue weighted by molar-refractivity contribution is -0.137. The number of alkyl halides is 3. The summed E-state index contributed by atoms with van der Waals surface area (Å²) < 4.78 is 43.7. The van der Waals surface area contributed by atoms with Gasteiger partial charge in [0.2, 0.25) is 0 Å². The van der Waals surface area contributed by atoms with Crippen LogP contribution >= 0.6 is 0 Å². The van der Waals surface area contributed by atoms with Gasteiger partial charge in [-0.05, 0) is 63.6 Å². The van der Waals surface area contributed by atoms with E-state index in [1.165, 1.54) is 18.2 Å². The highest BCUT2D eigenvalue weighted by Crippen LogP contribution is 2.30. The molecule has 2 N–H and O–H groups in total. The molecule has 0 spiro atoms. The van der Waals surface area contributed by atoms with E-state index in [9.17, 15) is 22.8 Å². The summed E-state index contributed by atoms with van der Waals surface area (Å²) in [6.07, 6.45) is -5.20. The van der Waals surface area contributed by atoms with Crippen LogP contribution in [-0.2, 0) is 10.9 Å². The van der Waals surface area contributed by atoms with Gasteiger partial charge >= 0.3 is 12.3 Å². The topological polar surface area (TPSA) is 67.4 Å². The number of benzene rings is 2. The van der Waals surface area contributed by atoms with Crippen molar-refractivity contribution < 1.29 is 27.5 Å². The fourth-order valence-electron chi connectivity index (χ4n) is 2.29. The van der Waals surface area contributed by atoms with Crippen molar-refractivity contribution in [3.05, 3.63) is 59.2 Å². The molecule has 5 nitrogen and oxygen atoms in total. The molecular weight excluding hydrogens is 373 g/mol. The maximum atomic E-state index is 12.8. The number of rotatable bonds is 3. The molecule has 0 unspecified atom stereocenters. The summed E-state index contributed by atoms with van der Waals surface area (Å²) in [5.41, 5.74) is -0.294. The quantitative estimate of drug-likeness (QED) is 0.711. The van der Waals surface area contributed by atoms with Crippen LogP contribution in [0.2, 0.25) is 0 Å². The van der Waals surface area contributed by atoms with Crippen molar-refractivity contribution in [1.82, 2.24) is 0 Å². The summed E-state index contributed by atoms with van der Waals surface area (Å²) in [7, 11) is 0. The number of hydrogen-bond acceptors (Lipinski definition) is 3. The van der Waals surface area contributed by atoms with Crippen LogP contribution in [0.5, 0.6) is 0 Å². The fourth-order valence-corrected chi connectivity index (χ4v) is 2.29. The second-order valence-electron chi connectivity index (χ2n) is 7.19. The molecule has 2 rings (SSSR count). The first-order chi connectivity index (χ1) is 12.8. The van der Waals surface area contributed by atoms with Crippen molar-refractivity contribution in [2.45, 2.75) is 39.5 Å². The minimum absolute atomic E-state index is 0.125. The van der Waals surface area contributed by atoms with E-state index in [1.807, 2.05) is 0 Å². The number of nitrogens with one attached hydrogen (secondary N) is 2. The van der Waals surface area contributed by atoms with Crippen LogP contribution in [0.1, 0.15) is 42.3 Å². The second-order valence-corrected chi connectivity index (χ2v) is 7.19. The van der Waals surface area contributed by atoms with E-state index in [2.05, 4.69) is 10.6 Å². The molecule has 28 heavy (non-hydrogen) atoms. The number of carbonyl (C=O) groups is 2. The Bertz CT molecular complexity index is 887. The van der Waals surface area contributed by atoms with E-state index in [0.29, 0.717) is 16.9 Å². The Labute approximate surface area is 160 Å². The van der Waals surface area contributed by atoms with E-state index in [0.717, 1.165) is 12.1 Å². The number of carbonyl (C=O) groups excluding carboxylic acids is 2. The molecule has 0 saturated heterocycles. The van der Waals surface area contributed by atoms with E-state index in [4.69, 9.17) is 4.74 Å². The molecule has 0 atom stereocenters. The Morgan fingerprint density at radius 1 is 0.964 bits per heavy atom. The van der Waals surface area contributed by atoms with E-state index in [-0.39, 0.29) is 5.56 Å². The van der Waals surface area contributed by atoms with E-state index >= 15 is 0 Å². The molecule has 0 saturated carbocycles. The predicted molar refractivity (Wildman–Crippen MR) is 100 cm³/mol. The Hall–Kier alpha value is -3.03. The van der Waals surface area contributed by atoms with Gasteiger partial charge in [-0.1, -0.05) is 12.1 Å². The summed E-state index contributed by atoms with van der Waals surface area (Å²) in [5, 5.41) is 5.12. The van der Waals surface area contributed by atoms with Gasteiger partial charge in [-0.3, -0.25) is 10.1 Å². The standard InChI is InChI=1S/C20H21F3N2O3/c1-12-8-9-15(24-18(27)28-19(2,3)4)11-16(12)25-17(26)13-6-5-7-14(10-13)20(21,22)23/h5-11H,1-4H3,(H,24,27)(H,25,26). The predicted octanol–water partition coefficient (Wildman–Crippen LogP) is 5.61. The van der Waals surface area contributed by atoms with Crippen molar-refractivity contribution in [3.63, 3.8) is 0 Å². The fraction of sp³-hybridized carbons (Fsp3) is 0.300. The lowest BCUT2D eigenvalue weighted by Gasteiger charge is -2.20. The third-order valence-electron chi connectivity index (χ3n) is 3.58. The highest BCUT2D eigenvalue weighted by Gasteiger charge is 2.31. The number of anilines is 2. The molecule has 2 aromatic carbocycles. The number of ether oxygens (including phenoxy) is 1. The van der Waals surface area contributed by atoms with E-state index < -0.39 is 29.3 Å². The smallest absolute Gasteiger partial charge is 0.416 e. The van der Waals surface area contributed by atoms with Gasteiger partial charge in [0.15, 0.2) is 0 Å². The highest BCUT2D eigenvalue weighted by atomic mass is 19.4. The van der Waals surface area contributed by atoms with Gasteiger partial charge in [-0.25, -0.2) is 4.79 Å². The van der Waals surface area contributed by atoms with Crippen molar-refractivity contribution in [2.24, 2.45) is 0 Å². The lowest BCUT2D eigenvalue weighted by atomic mass is 10.1. The van der Waals surface area contributed by atoms with Crippen molar-refractivity contribution in [1.29, 1.82) is 0 Å². The molecule has 150 valence electrons. The molecule has 2 aromatic rings. The minimum atomic E-state index is -4.54. The lowest BCUT2D eigenvalue weighted by Crippen LogP contribution is -2.27. The SMILES string of the molecule is Cc1ccc(NC(=O)OC(C)(C)C)cc1NC(=O)c1cccc(C(F)(F)F)c1. The van der Waals surface area contributed by atoms with Gasteiger partial charge in [-0.15, -0.1) is 0 Å². The molecule has 0 bridgehead atoms. The normalized spacial score (nSPS) is 11.7. The number of amides is 2. The molecule has 0 fully saturated rings. The zero-order valence-corrected chi connectivity index (χ0v) is 15.9. The molecule has 2 amide bonds. The first-order valence-electron chi connectivity index (χ1n) is 8.44. The van der Waals surface area contributed by atoms with Crippen LogP contribution < -0.4 is 10.6 Å². The summed E-state index contributed by atoms with van der Waals surface area (Å²) in [6.45, 7) is 6.90. The van der Waals surface area contributed by atoms with Crippen molar-refractivity contribution in [2.75, 3.05) is 10.6 Å². The van der Waals surface area contributed by atoms with Crippen molar-refractivity contribution in [3.8, 4) is 0 Å². The molecule has 0 heterocycles. The van der Waals surface area contributed by atoms with Gasteiger partial charge in [0.25, 0.3) is 5.91 Å². The largest absolute Gasteiger partial charge is 0.444 e. The molecule has 0 aliphatic rings. The third kappa shape index (κ3) is 6.00. The summed E-state index contributed by atoms with van der Waals surface area (Å²) >= 11 is 0. The van der Waals surface area contributed by atoms with Gasteiger partial charge in [0.05, 0.1) is 5.56 Å². The summed E-state index contributed by atoms with van der Waals surface area (Å²) in [6, 6.07) is 8.94. The van der Waals surface area contributed by atoms with Crippen LogP contribution in [0.4, 0.5) is 29.3 Å². The average Bonchev–Trinajstić information content (AvgIpc) is 2.55. The molecule has 8 heteroatoms. The van der Waals surface area contributed by atoms with Crippen LogP contribution in [0, 0.1) is 6.92 Å².